The van der Waals surface area contributed by atoms with Crippen molar-refractivity contribution in [3.8, 4) is 0 Å². The number of hydrogen-bond donors (Lipinski definition) is 1. The number of non-ortho nitro benzene ring substituents is 1. The van der Waals surface area contributed by atoms with Gasteiger partial charge in [0.15, 0.2) is 0 Å². The first kappa shape index (κ1) is 17.4. The van der Waals surface area contributed by atoms with Crippen molar-refractivity contribution in [3.63, 3.8) is 0 Å². The lowest BCUT2D eigenvalue weighted by molar-refractivity contribution is -0.384. The summed E-state index contributed by atoms with van der Waals surface area (Å²) in [7, 11) is 0. The van der Waals surface area contributed by atoms with E-state index < -0.39 is 4.92 Å². The lowest BCUT2D eigenvalue weighted by Gasteiger charge is -2.07. The van der Waals surface area contributed by atoms with Crippen LogP contribution in [-0.2, 0) is 4.74 Å². The van der Waals surface area contributed by atoms with Gasteiger partial charge in [0.25, 0.3) is 11.6 Å². The van der Waals surface area contributed by atoms with Crippen LogP contribution in [0.4, 0.5) is 5.69 Å². The Labute approximate surface area is 138 Å². The highest BCUT2D eigenvalue weighted by atomic mass is 32.1. The molecule has 0 bridgehead atoms. The minimum absolute atomic E-state index is 0.0320. The van der Waals surface area contributed by atoms with E-state index in [9.17, 15) is 14.9 Å². The van der Waals surface area contributed by atoms with Crippen LogP contribution in [0.25, 0.3) is 10.1 Å². The second-order valence-electron chi connectivity index (χ2n) is 5.67. The van der Waals surface area contributed by atoms with Crippen LogP contribution in [0.15, 0.2) is 24.3 Å². The minimum Gasteiger partial charge on any atom is -0.381 e. The third-order valence-corrected chi connectivity index (χ3v) is 4.25. The predicted octanol–water partition coefficient (Wildman–Crippen LogP) is 3.60. The standard InChI is InChI=1S/C16H20N2O4S/c1-11(2)10-22-7-3-6-17-16(19)15-9-12-8-13(18(20)21)4-5-14(12)23-15/h4-5,8-9,11H,3,6-7,10H2,1-2H3,(H,17,19). The molecule has 124 valence electrons. The maximum Gasteiger partial charge on any atom is 0.270 e. The van der Waals surface area contributed by atoms with Crippen LogP contribution in [-0.4, -0.2) is 30.6 Å². The molecule has 0 saturated heterocycles. The number of rotatable bonds is 8. The van der Waals surface area contributed by atoms with Crippen molar-refractivity contribution in [2.24, 2.45) is 5.92 Å². The summed E-state index contributed by atoms with van der Waals surface area (Å²) in [6.07, 6.45) is 0.759. The molecule has 0 unspecified atom stereocenters. The molecule has 2 rings (SSSR count). The molecular formula is C16H20N2O4S. The van der Waals surface area contributed by atoms with E-state index in [1.54, 1.807) is 12.1 Å². The van der Waals surface area contributed by atoms with Gasteiger partial charge in [-0.25, -0.2) is 0 Å². The zero-order valence-corrected chi connectivity index (χ0v) is 14.0. The largest absolute Gasteiger partial charge is 0.381 e. The van der Waals surface area contributed by atoms with Gasteiger partial charge in [-0.1, -0.05) is 13.8 Å². The van der Waals surface area contributed by atoms with Gasteiger partial charge in [0.2, 0.25) is 0 Å². The van der Waals surface area contributed by atoms with Crippen LogP contribution in [0.5, 0.6) is 0 Å². The molecule has 0 atom stereocenters. The summed E-state index contributed by atoms with van der Waals surface area (Å²) < 4.78 is 6.32. The Bertz CT molecular complexity index is 696. The van der Waals surface area contributed by atoms with E-state index in [0.29, 0.717) is 23.9 Å². The molecule has 1 amide bonds. The number of carbonyl (C=O) groups excluding carboxylic acids is 1. The van der Waals surface area contributed by atoms with Gasteiger partial charge in [-0.05, 0) is 24.5 Å². The molecule has 7 heteroatoms. The van der Waals surface area contributed by atoms with Gasteiger partial charge in [0.05, 0.1) is 9.80 Å². The van der Waals surface area contributed by atoms with Crippen molar-refractivity contribution in [3.05, 3.63) is 39.3 Å². The third kappa shape index (κ3) is 5.01. The molecule has 1 aromatic carbocycles. The van der Waals surface area contributed by atoms with Gasteiger partial charge < -0.3 is 10.1 Å². The van der Waals surface area contributed by atoms with Crippen LogP contribution in [0.1, 0.15) is 29.9 Å². The van der Waals surface area contributed by atoms with Crippen molar-refractivity contribution in [2.75, 3.05) is 19.8 Å². The third-order valence-electron chi connectivity index (χ3n) is 3.14. The smallest absolute Gasteiger partial charge is 0.270 e. The molecule has 0 fully saturated rings. The lowest BCUT2D eigenvalue weighted by atomic mass is 10.2. The molecule has 1 aromatic heterocycles. The molecule has 0 aliphatic rings. The van der Waals surface area contributed by atoms with Gasteiger partial charge in [0.1, 0.15) is 0 Å². The summed E-state index contributed by atoms with van der Waals surface area (Å²) >= 11 is 1.33. The number of fused-ring (bicyclic) bond motifs is 1. The lowest BCUT2D eigenvalue weighted by Crippen LogP contribution is -2.24. The van der Waals surface area contributed by atoms with Crippen molar-refractivity contribution in [1.82, 2.24) is 5.32 Å². The molecule has 0 radical (unpaired) electrons. The van der Waals surface area contributed by atoms with Crippen LogP contribution in [0, 0.1) is 16.0 Å². The Morgan fingerprint density at radius 3 is 2.87 bits per heavy atom. The Morgan fingerprint density at radius 2 is 2.17 bits per heavy atom. The fourth-order valence-corrected chi connectivity index (χ4v) is 3.00. The van der Waals surface area contributed by atoms with E-state index in [0.717, 1.165) is 23.1 Å². The van der Waals surface area contributed by atoms with Crippen molar-refractivity contribution >= 4 is 33.0 Å². The number of nitrogens with zero attached hydrogens (tertiary/aromatic N) is 1. The van der Waals surface area contributed by atoms with Gasteiger partial charge in [0, 0.05) is 42.0 Å². The Balaban J connectivity index is 1.87. The molecule has 0 aliphatic carbocycles. The highest BCUT2D eigenvalue weighted by Gasteiger charge is 2.12. The summed E-state index contributed by atoms with van der Waals surface area (Å²) in [6.45, 7) is 6.08. The monoisotopic (exact) mass is 336 g/mol. The summed E-state index contributed by atoms with van der Waals surface area (Å²) in [5.41, 5.74) is 0.0320. The van der Waals surface area contributed by atoms with Crippen molar-refractivity contribution in [1.29, 1.82) is 0 Å². The van der Waals surface area contributed by atoms with Crippen LogP contribution >= 0.6 is 11.3 Å². The number of ether oxygens (including phenoxy) is 1. The highest BCUT2D eigenvalue weighted by Crippen LogP contribution is 2.28. The maximum atomic E-state index is 12.1. The zero-order valence-electron chi connectivity index (χ0n) is 13.2. The minimum atomic E-state index is -0.436. The van der Waals surface area contributed by atoms with Crippen molar-refractivity contribution in [2.45, 2.75) is 20.3 Å². The van der Waals surface area contributed by atoms with E-state index in [1.807, 2.05) is 0 Å². The zero-order chi connectivity index (χ0) is 16.8. The van der Waals surface area contributed by atoms with Gasteiger partial charge >= 0.3 is 0 Å². The fraction of sp³-hybridized carbons (Fsp3) is 0.438. The number of hydrogen-bond acceptors (Lipinski definition) is 5. The first-order chi connectivity index (χ1) is 11.0. The number of benzene rings is 1. The van der Waals surface area contributed by atoms with Crippen molar-refractivity contribution < 1.29 is 14.5 Å². The Hall–Kier alpha value is -1.99. The molecule has 23 heavy (non-hydrogen) atoms. The summed E-state index contributed by atoms with van der Waals surface area (Å²) in [6, 6.07) is 6.31. The van der Waals surface area contributed by atoms with E-state index in [-0.39, 0.29) is 11.6 Å². The molecular weight excluding hydrogens is 316 g/mol. The highest BCUT2D eigenvalue weighted by molar-refractivity contribution is 7.20. The first-order valence-corrected chi connectivity index (χ1v) is 8.33. The maximum absolute atomic E-state index is 12.1. The number of nitro benzene ring substituents is 1. The van der Waals surface area contributed by atoms with E-state index >= 15 is 0 Å². The summed E-state index contributed by atoms with van der Waals surface area (Å²) in [5.74, 6) is 0.352. The molecule has 1 N–H and O–H groups in total. The van der Waals surface area contributed by atoms with Gasteiger partial charge in [-0.2, -0.15) is 0 Å². The molecule has 0 spiro atoms. The molecule has 0 aliphatic heterocycles. The van der Waals surface area contributed by atoms with Gasteiger partial charge in [-0.15, -0.1) is 11.3 Å². The number of carbonyl (C=O) groups is 1. The number of thiophene rings is 1. The first-order valence-electron chi connectivity index (χ1n) is 7.51. The van der Waals surface area contributed by atoms with Crippen LogP contribution in [0.3, 0.4) is 0 Å². The number of nitrogens with one attached hydrogen (secondary N) is 1. The predicted molar refractivity (Wildman–Crippen MR) is 91.1 cm³/mol. The van der Waals surface area contributed by atoms with E-state index in [4.69, 9.17) is 4.74 Å². The SMILES string of the molecule is CC(C)COCCCNC(=O)c1cc2cc([N+](=O)[O-])ccc2s1. The van der Waals surface area contributed by atoms with Gasteiger partial charge in [-0.3, -0.25) is 14.9 Å². The number of amides is 1. The normalized spacial score (nSPS) is 11.1. The molecule has 6 nitrogen and oxygen atoms in total. The average molecular weight is 336 g/mol. The second kappa shape index (κ2) is 8.03. The second-order valence-corrected chi connectivity index (χ2v) is 6.75. The average Bonchev–Trinajstić information content (AvgIpc) is 2.93. The van der Waals surface area contributed by atoms with E-state index in [1.165, 1.54) is 23.5 Å². The summed E-state index contributed by atoms with van der Waals surface area (Å²) in [5, 5.41) is 14.3. The Kier molecular flexibility index (Phi) is 6.06. The molecule has 0 saturated carbocycles. The quantitative estimate of drug-likeness (QED) is 0.454. The summed E-state index contributed by atoms with van der Waals surface area (Å²) in [4.78, 5) is 23.0. The molecule has 1 heterocycles. The van der Waals surface area contributed by atoms with Crippen LogP contribution < -0.4 is 5.32 Å². The van der Waals surface area contributed by atoms with E-state index in [2.05, 4.69) is 19.2 Å². The Morgan fingerprint density at radius 1 is 1.39 bits per heavy atom. The fourth-order valence-electron chi connectivity index (χ4n) is 2.04. The topological polar surface area (TPSA) is 81.5 Å². The van der Waals surface area contributed by atoms with Crippen LogP contribution in [0.2, 0.25) is 0 Å². The molecule has 2 aromatic rings. The number of nitro groups is 1.